The Morgan fingerprint density at radius 3 is 2.68 bits per heavy atom. The summed E-state index contributed by atoms with van der Waals surface area (Å²) in [6, 6.07) is 15.2. The highest BCUT2D eigenvalue weighted by Gasteiger charge is 2.19. The molecule has 0 fully saturated rings. The molecule has 186 valence electrons. The minimum absolute atomic E-state index is 0.0367. The van der Waals surface area contributed by atoms with Gasteiger partial charge in [0.2, 0.25) is 0 Å². The molecule has 0 aliphatic carbocycles. The number of rotatable bonds is 7. The van der Waals surface area contributed by atoms with E-state index in [2.05, 4.69) is 26.0 Å². The molecule has 0 unspecified atom stereocenters. The van der Waals surface area contributed by atoms with E-state index in [0.29, 0.717) is 28.2 Å². The molecular weight excluding hydrogens is 476 g/mol. The van der Waals surface area contributed by atoms with Crippen molar-refractivity contribution in [2.24, 2.45) is 0 Å². The lowest BCUT2D eigenvalue weighted by Gasteiger charge is -2.18. The van der Waals surface area contributed by atoms with Crippen LogP contribution in [0.5, 0.6) is 5.75 Å². The topological polar surface area (TPSA) is 144 Å². The summed E-state index contributed by atoms with van der Waals surface area (Å²) in [6.45, 7) is 1.72. The molecule has 5 rings (SSSR count). The van der Waals surface area contributed by atoms with Crippen molar-refractivity contribution in [3.63, 3.8) is 0 Å². The molecule has 37 heavy (non-hydrogen) atoms. The van der Waals surface area contributed by atoms with Crippen LogP contribution in [0.2, 0.25) is 0 Å². The summed E-state index contributed by atoms with van der Waals surface area (Å²) < 4.78 is 6.69. The second-order valence-electron chi connectivity index (χ2n) is 8.37. The third-order valence-electron chi connectivity index (χ3n) is 5.79. The standard InChI is InChI=1S/C26H22N6O5/c1-15(33)18-5-3-2-4-17(18)13-28-26(36)21-11-20(30-23-8-9-29-32(21)23)25(35)27-12-16-6-7-22-19(10-16)31-24(34)14-37-22/h2-11H,12-14H2,1H3,(H,27,35)(H,28,36)(H,31,34). The summed E-state index contributed by atoms with van der Waals surface area (Å²) >= 11 is 0. The van der Waals surface area contributed by atoms with E-state index < -0.39 is 11.8 Å². The van der Waals surface area contributed by atoms with Crippen molar-refractivity contribution in [2.75, 3.05) is 11.9 Å². The predicted molar refractivity (Wildman–Crippen MR) is 132 cm³/mol. The quantitative estimate of drug-likeness (QED) is 0.331. The van der Waals surface area contributed by atoms with E-state index in [4.69, 9.17) is 4.74 Å². The van der Waals surface area contributed by atoms with Crippen molar-refractivity contribution in [2.45, 2.75) is 20.0 Å². The number of benzene rings is 2. The Morgan fingerprint density at radius 2 is 1.84 bits per heavy atom. The second kappa shape index (κ2) is 9.90. The highest BCUT2D eigenvalue weighted by atomic mass is 16.5. The maximum atomic E-state index is 13.1. The molecule has 2 aromatic carbocycles. The van der Waals surface area contributed by atoms with Gasteiger partial charge < -0.3 is 20.7 Å². The van der Waals surface area contributed by atoms with Crippen LogP contribution in [0.15, 0.2) is 60.8 Å². The first-order chi connectivity index (χ1) is 17.9. The van der Waals surface area contributed by atoms with E-state index in [1.165, 1.54) is 23.7 Å². The number of hydrogen-bond donors (Lipinski definition) is 3. The number of ether oxygens (including phenoxy) is 1. The van der Waals surface area contributed by atoms with Gasteiger partial charge in [-0.25, -0.2) is 9.50 Å². The van der Waals surface area contributed by atoms with Gasteiger partial charge in [0.1, 0.15) is 17.1 Å². The maximum Gasteiger partial charge on any atom is 0.270 e. The van der Waals surface area contributed by atoms with E-state index in [-0.39, 0.29) is 42.8 Å². The molecule has 1 aliphatic heterocycles. The fourth-order valence-corrected chi connectivity index (χ4v) is 3.99. The van der Waals surface area contributed by atoms with Crippen LogP contribution in [0, 0.1) is 0 Å². The molecule has 11 nitrogen and oxygen atoms in total. The van der Waals surface area contributed by atoms with Crippen LogP contribution >= 0.6 is 0 Å². The van der Waals surface area contributed by atoms with Crippen LogP contribution < -0.4 is 20.7 Å². The van der Waals surface area contributed by atoms with E-state index >= 15 is 0 Å². The Labute approximate surface area is 210 Å². The number of hydrogen-bond acceptors (Lipinski definition) is 7. The molecule has 0 radical (unpaired) electrons. The average Bonchev–Trinajstić information content (AvgIpc) is 3.38. The lowest BCUT2D eigenvalue weighted by Crippen LogP contribution is -2.29. The molecule has 3 N–H and O–H groups in total. The number of amides is 3. The lowest BCUT2D eigenvalue weighted by molar-refractivity contribution is -0.118. The molecule has 0 atom stereocenters. The molecular formula is C26H22N6O5. The van der Waals surface area contributed by atoms with E-state index in [1.807, 2.05) is 0 Å². The monoisotopic (exact) mass is 498 g/mol. The highest BCUT2D eigenvalue weighted by Crippen LogP contribution is 2.28. The molecule has 4 aromatic rings. The summed E-state index contributed by atoms with van der Waals surface area (Å²) in [7, 11) is 0. The second-order valence-corrected chi connectivity index (χ2v) is 8.37. The first-order valence-electron chi connectivity index (χ1n) is 11.4. The fraction of sp³-hybridized carbons (Fsp3) is 0.154. The molecule has 3 amide bonds. The van der Waals surface area contributed by atoms with Gasteiger partial charge in [-0.15, -0.1) is 0 Å². The first-order valence-corrected chi connectivity index (χ1v) is 11.4. The number of anilines is 1. The van der Waals surface area contributed by atoms with Gasteiger partial charge in [-0.1, -0.05) is 30.3 Å². The van der Waals surface area contributed by atoms with Gasteiger partial charge in [-0.3, -0.25) is 19.2 Å². The summed E-state index contributed by atoms with van der Waals surface area (Å²) in [5.74, 6) is -0.755. The average molecular weight is 498 g/mol. The van der Waals surface area contributed by atoms with Crippen LogP contribution in [-0.4, -0.2) is 44.7 Å². The molecule has 3 heterocycles. The molecule has 0 saturated carbocycles. The van der Waals surface area contributed by atoms with Gasteiger partial charge in [-0.05, 0) is 30.2 Å². The molecule has 0 bridgehead atoms. The smallest absolute Gasteiger partial charge is 0.270 e. The minimum Gasteiger partial charge on any atom is -0.482 e. The largest absolute Gasteiger partial charge is 0.482 e. The maximum absolute atomic E-state index is 13.1. The first kappa shape index (κ1) is 23.7. The van der Waals surface area contributed by atoms with E-state index in [1.54, 1.807) is 48.5 Å². The molecule has 1 aliphatic rings. The zero-order chi connectivity index (χ0) is 25.9. The van der Waals surface area contributed by atoms with Crippen molar-refractivity contribution in [1.29, 1.82) is 0 Å². The van der Waals surface area contributed by atoms with Crippen molar-refractivity contribution in [3.05, 3.63) is 88.9 Å². The van der Waals surface area contributed by atoms with Crippen LogP contribution in [0.4, 0.5) is 5.69 Å². The van der Waals surface area contributed by atoms with Gasteiger partial charge in [-0.2, -0.15) is 5.10 Å². The Hall–Kier alpha value is -5.06. The number of aromatic nitrogens is 3. The molecule has 2 aromatic heterocycles. The summed E-state index contributed by atoms with van der Waals surface area (Å²) in [5, 5.41) is 12.4. The Bertz CT molecular complexity index is 1560. The van der Waals surface area contributed by atoms with Crippen molar-refractivity contribution < 1.29 is 23.9 Å². The SMILES string of the molecule is CC(=O)c1ccccc1CNC(=O)c1cc(C(=O)NCc2ccc3c(c2)NC(=O)CO3)nc2ccnn12. The van der Waals surface area contributed by atoms with Crippen molar-refractivity contribution >= 4 is 34.8 Å². The van der Waals surface area contributed by atoms with E-state index in [0.717, 1.165) is 5.56 Å². The van der Waals surface area contributed by atoms with Crippen molar-refractivity contribution in [1.82, 2.24) is 25.2 Å². The lowest BCUT2D eigenvalue weighted by atomic mass is 10.0. The third-order valence-corrected chi connectivity index (χ3v) is 5.79. The number of ketones is 1. The summed E-state index contributed by atoms with van der Waals surface area (Å²) in [4.78, 5) is 53.8. The molecule has 11 heteroatoms. The van der Waals surface area contributed by atoms with Gasteiger partial charge in [0.05, 0.1) is 11.9 Å². The number of carbonyl (C=O) groups is 4. The number of nitrogens with zero attached hydrogens (tertiary/aromatic N) is 3. The molecule has 0 spiro atoms. The Kier molecular flexibility index (Phi) is 6.33. The Morgan fingerprint density at radius 1 is 1.03 bits per heavy atom. The number of carbonyl (C=O) groups excluding carboxylic acids is 4. The normalized spacial score (nSPS) is 12.3. The van der Waals surface area contributed by atoms with Crippen LogP contribution in [-0.2, 0) is 17.9 Å². The highest BCUT2D eigenvalue weighted by molar-refractivity contribution is 5.99. The Balaban J connectivity index is 1.32. The fourth-order valence-electron chi connectivity index (χ4n) is 3.99. The summed E-state index contributed by atoms with van der Waals surface area (Å²) in [5.41, 5.74) is 2.97. The van der Waals surface area contributed by atoms with Crippen LogP contribution in [0.1, 0.15) is 49.4 Å². The van der Waals surface area contributed by atoms with Crippen LogP contribution in [0.25, 0.3) is 5.65 Å². The van der Waals surface area contributed by atoms with E-state index in [9.17, 15) is 19.2 Å². The zero-order valence-electron chi connectivity index (χ0n) is 19.8. The van der Waals surface area contributed by atoms with Gasteiger partial charge in [0.15, 0.2) is 18.0 Å². The zero-order valence-corrected chi connectivity index (χ0v) is 19.8. The van der Waals surface area contributed by atoms with Gasteiger partial charge in [0, 0.05) is 30.8 Å². The number of Topliss-reactive ketones (excluding diaryl/α,β-unsaturated/α-hetero) is 1. The number of nitrogens with one attached hydrogen (secondary N) is 3. The van der Waals surface area contributed by atoms with Gasteiger partial charge >= 0.3 is 0 Å². The number of fused-ring (bicyclic) bond motifs is 2. The third kappa shape index (κ3) is 5.01. The summed E-state index contributed by atoms with van der Waals surface area (Å²) in [6.07, 6.45) is 1.48. The van der Waals surface area contributed by atoms with Crippen molar-refractivity contribution in [3.8, 4) is 5.75 Å². The predicted octanol–water partition coefficient (Wildman–Crippen LogP) is 2.12. The van der Waals surface area contributed by atoms with Gasteiger partial charge in [0.25, 0.3) is 17.7 Å². The minimum atomic E-state index is -0.488. The van der Waals surface area contributed by atoms with Crippen LogP contribution in [0.3, 0.4) is 0 Å². The molecule has 0 saturated heterocycles.